The van der Waals surface area contributed by atoms with Crippen LogP contribution < -0.4 is 29.3 Å². The summed E-state index contributed by atoms with van der Waals surface area (Å²) in [6.45, 7) is 1.72. The van der Waals surface area contributed by atoms with Crippen molar-refractivity contribution in [3.05, 3.63) is 17.7 Å². The van der Waals surface area contributed by atoms with Gasteiger partial charge in [0.2, 0.25) is 27.8 Å². The smallest absolute Gasteiger partial charge is 0.243 e. The molecule has 1 aromatic heterocycles. The first kappa shape index (κ1) is 22.1. The largest absolute Gasteiger partial charge is 0.493 e. The van der Waals surface area contributed by atoms with Crippen LogP contribution in [0.5, 0.6) is 17.2 Å². The number of methoxy groups -OCH3 is 3. The number of benzene rings is 1. The van der Waals surface area contributed by atoms with Gasteiger partial charge < -0.3 is 24.4 Å². The van der Waals surface area contributed by atoms with Gasteiger partial charge >= 0.3 is 0 Å². The Kier molecular flexibility index (Phi) is 6.63. The van der Waals surface area contributed by atoms with Crippen LogP contribution in [0.2, 0.25) is 0 Å². The molecule has 10 nitrogen and oxygen atoms in total. The zero-order valence-corrected chi connectivity index (χ0v) is 19.2. The molecule has 4 rings (SSSR count). The highest BCUT2D eigenvalue weighted by Crippen LogP contribution is 2.38. The summed E-state index contributed by atoms with van der Waals surface area (Å²) in [6.07, 6.45) is 3.01. The van der Waals surface area contributed by atoms with Crippen LogP contribution in [0, 0.1) is 0 Å². The third-order valence-corrected chi connectivity index (χ3v) is 6.68. The van der Waals surface area contributed by atoms with E-state index in [1.807, 2.05) is 17.0 Å². The van der Waals surface area contributed by atoms with Crippen molar-refractivity contribution >= 4 is 33.4 Å². The van der Waals surface area contributed by atoms with Crippen molar-refractivity contribution in [3.8, 4) is 17.2 Å². The lowest BCUT2D eigenvalue weighted by Gasteiger charge is -2.23. The van der Waals surface area contributed by atoms with Crippen LogP contribution in [0.25, 0.3) is 0 Å². The number of ether oxygens (including phenoxy) is 3. The monoisotopic (exact) mass is 461 g/mol. The molecular formula is C21H27N5O5S. The van der Waals surface area contributed by atoms with Crippen LogP contribution in [-0.4, -0.2) is 62.5 Å². The molecule has 2 amide bonds. The van der Waals surface area contributed by atoms with E-state index in [0.717, 1.165) is 31.4 Å². The maximum Gasteiger partial charge on any atom is 0.243 e. The van der Waals surface area contributed by atoms with Crippen molar-refractivity contribution < 1.29 is 23.8 Å². The number of aromatic nitrogens is 2. The van der Waals surface area contributed by atoms with E-state index in [2.05, 4.69) is 15.5 Å². The molecule has 0 spiro atoms. The van der Waals surface area contributed by atoms with Crippen molar-refractivity contribution in [3.63, 3.8) is 0 Å². The topological polar surface area (TPSA) is 106 Å². The standard InChI is InChI=1S/C21H27N5O5S/c1-29-15-10-13(11-16(30-2)18(15)31-3)12-22-19(28)14-6-4-8-25(14)20-23-24-21(32-20)26-9-5-7-17(26)27/h10-11,14H,4-9,12H2,1-3H3,(H,22,28)/t14-/m0/s1. The molecule has 0 bridgehead atoms. The summed E-state index contributed by atoms with van der Waals surface area (Å²) in [5, 5.41) is 12.7. The van der Waals surface area contributed by atoms with Crippen LogP contribution in [0.4, 0.5) is 10.3 Å². The number of rotatable bonds is 8. The van der Waals surface area contributed by atoms with E-state index in [9.17, 15) is 9.59 Å². The van der Waals surface area contributed by atoms with Gasteiger partial charge in [-0.2, -0.15) is 0 Å². The average Bonchev–Trinajstić information content (AvgIpc) is 3.56. The number of amides is 2. The predicted molar refractivity (Wildman–Crippen MR) is 120 cm³/mol. The van der Waals surface area contributed by atoms with E-state index in [4.69, 9.17) is 14.2 Å². The average molecular weight is 462 g/mol. The fourth-order valence-corrected chi connectivity index (χ4v) is 5.06. The fraction of sp³-hybridized carbons (Fsp3) is 0.524. The molecule has 2 aliphatic rings. The summed E-state index contributed by atoms with van der Waals surface area (Å²) in [6, 6.07) is 3.31. The Hall–Kier alpha value is -3.08. The van der Waals surface area contributed by atoms with Gasteiger partial charge in [0, 0.05) is 26.1 Å². The summed E-state index contributed by atoms with van der Waals surface area (Å²) >= 11 is 1.36. The van der Waals surface area contributed by atoms with Crippen LogP contribution >= 0.6 is 11.3 Å². The van der Waals surface area contributed by atoms with Gasteiger partial charge in [0.05, 0.1) is 21.3 Å². The SMILES string of the molecule is COc1cc(CNC(=O)[C@@H]2CCCN2c2nnc(N3CCCC3=O)s2)cc(OC)c1OC. The van der Waals surface area contributed by atoms with Crippen molar-refractivity contribution in [1.29, 1.82) is 0 Å². The maximum atomic E-state index is 13.0. The first-order valence-corrected chi connectivity index (χ1v) is 11.3. The second kappa shape index (κ2) is 9.60. The van der Waals surface area contributed by atoms with Crippen molar-refractivity contribution in [2.24, 2.45) is 0 Å². The molecular weight excluding hydrogens is 434 g/mol. The minimum absolute atomic E-state index is 0.0776. The van der Waals surface area contributed by atoms with Crippen LogP contribution in [0.15, 0.2) is 12.1 Å². The van der Waals surface area contributed by atoms with E-state index in [-0.39, 0.29) is 17.9 Å². The molecule has 0 aliphatic carbocycles. The summed E-state index contributed by atoms with van der Waals surface area (Å²) in [5.41, 5.74) is 0.836. The Morgan fingerprint density at radius 2 is 1.81 bits per heavy atom. The quantitative estimate of drug-likeness (QED) is 0.636. The van der Waals surface area contributed by atoms with Gasteiger partial charge in [-0.05, 0) is 37.0 Å². The number of carbonyl (C=O) groups is 2. The summed E-state index contributed by atoms with van der Waals surface area (Å²) in [5.74, 6) is 1.59. The molecule has 0 saturated carbocycles. The van der Waals surface area contributed by atoms with Crippen molar-refractivity contribution in [1.82, 2.24) is 15.5 Å². The second-order valence-electron chi connectivity index (χ2n) is 7.62. The highest BCUT2D eigenvalue weighted by Gasteiger charge is 2.34. The summed E-state index contributed by atoms with van der Waals surface area (Å²) < 4.78 is 16.1. The molecule has 2 aliphatic heterocycles. The summed E-state index contributed by atoms with van der Waals surface area (Å²) in [4.78, 5) is 28.6. The van der Waals surface area contributed by atoms with Gasteiger partial charge in [-0.3, -0.25) is 14.5 Å². The van der Waals surface area contributed by atoms with Gasteiger partial charge in [-0.1, -0.05) is 11.3 Å². The normalized spacial score (nSPS) is 18.2. The lowest BCUT2D eigenvalue weighted by atomic mass is 10.1. The zero-order valence-electron chi connectivity index (χ0n) is 18.4. The minimum Gasteiger partial charge on any atom is -0.493 e. The molecule has 0 unspecified atom stereocenters. The Morgan fingerprint density at radius 3 is 2.44 bits per heavy atom. The molecule has 0 radical (unpaired) electrons. The van der Waals surface area contributed by atoms with Crippen molar-refractivity contribution in [2.75, 3.05) is 44.2 Å². The van der Waals surface area contributed by atoms with Gasteiger partial charge in [0.25, 0.3) is 0 Å². The molecule has 2 saturated heterocycles. The maximum absolute atomic E-state index is 13.0. The summed E-state index contributed by atoms with van der Waals surface area (Å²) in [7, 11) is 4.67. The minimum atomic E-state index is -0.327. The third kappa shape index (κ3) is 4.29. The lowest BCUT2D eigenvalue weighted by molar-refractivity contribution is -0.122. The van der Waals surface area contributed by atoms with Gasteiger partial charge in [-0.25, -0.2) is 0 Å². The Balaban J connectivity index is 1.43. The zero-order chi connectivity index (χ0) is 22.7. The number of hydrogen-bond donors (Lipinski definition) is 1. The number of anilines is 2. The molecule has 1 atom stereocenters. The third-order valence-electron chi connectivity index (χ3n) is 5.70. The Labute approximate surface area is 190 Å². The molecule has 2 fully saturated rings. The van der Waals surface area contributed by atoms with Crippen LogP contribution in [-0.2, 0) is 16.1 Å². The molecule has 1 aromatic carbocycles. The molecule has 3 heterocycles. The first-order valence-electron chi connectivity index (χ1n) is 10.5. The van der Waals surface area contributed by atoms with E-state index in [1.54, 1.807) is 26.2 Å². The highest BCUT2D eigenvalue weighted by molar-refractivity contribution is 7.19. The number of hydrogen-bond acceptors (Lipinski definition) is 9. The lowest BCUT2D eigenvalue weighted by Crippen LogP contribution is -2.43. The second-order valence-corrected chi connectivity index (χ2v) is 8.55. The highest BCUT2D eigenvalue weighted by atomic mass is 32.1. The van der Waals surface area contributed by atoms with Crippen LogP contribution in [0.3, 0.4) is 0 Å². The van der Waals surface area contributed by atoms with Gasteiger partial charge in [-0.15, -0.1) is 10.2 Å². The molecule has 32 heavy (non-hydrogen) atoms. The van der Waals surface area contributed by atoms with E-state index >= 15 is 0 Å². The van der Waals surface area contributed by atoms with E-state index < -0.39 is 0 Å². The number of nitrogens with one attached hydrogen (secondary N) is 1. The Morgan fingerprint density at radius 1 is 1.09 bits per heavy atom. The van der Waals surface area contributed by atoms with Gasteiger partial charge in [0.1, 0.15) is 6.04 Å². The van der Waals surface area contributed by atoms with E-state index in [0.29, 0.717) is 47.0 Å². The van der Waals surface area contributed by atoms with Gasteiger partial charge in [0.15, 0.2) is 11.5 Å². The predicted octanol–water partition coefficient (Wildman–Crippen LogP) is 1.98. The number of nitrogens with zero attached hydrogens (tertiary/aromatic N) is 4. The van der Waals surface area contributed by atoms with Crippen molar-refractivity contribution in [2.45, 2.75) is 38.3 Å². The van der Waals surface area contributed by atoms with Crippen LogP contribution in [0.1, 0.15) is 31.2 Å². The molecule has 1 N–H and O–H groups in total. The van der Waals surface area contributed by atoms with E-state index in [1.165, 1.54) is 11.3 Å². The number of carbonyl (C=O) groups excluding carboxylic acids is 2. The molecule has 11 heteroatoms. The first-order chi connectivity index (χ1) is 15.5. The molecule has 2 aromatic rings. The molecule has 172 valence electrons. The fourth-order valence-electron chi connectivity index (χ4n) is 4.10. The Bertz CT molecular complexity index is 972.